The van der Waals surface area contributed by atoms with Gasteiger partial charge in [0.2, 0.25) is 0 Å². The van der Waals surface area contributed by atoms with Gasteiger partial charge in [0.05, 0.1) is 5.69 Å². The summed E-state index contributed by atoms with van der Waals surface area (Å²) in [7, 11) is 0. The van der Waals surface area contributed by atoms with Crippen LogP contribution in [0, 0.1) is 5.92 Å². The summed E-state index contributed by atoms with van der Waals surface area (Å²) in [6.45, 7) is 12.0. The number of hydrogen-bond donors (Lipinski definition) is 1. The minimum Gasteiger partial charge on any atom is -0.381 e. The lowest BCUT2D eigenvalue weighted by Gasteiger charge is -2.20. The van der Waals surface area contributed by atoms with Crippen molar-refractivity contribution in [2.45, 2.75) is 53.1 Å². The zero-order valence-electron chi connectivity index (χ0n) is 12.8. The van der Waals surface area contributed by atoms with Crippen LogP contribution in [0.5, 0.6) is 0 Å². The fourth-order valence-electron chi connectivity index (χ4n) is 2.25. The molecule has 7 nitrogen and oxygen atoms in total. The average Bonchev–Trinajstić information content (AvgIpc) is 2.85. The number of anilines is 1. The predicted octanol–water partition coefficient (Wildman–Crippen LogP) is 1.45. The molecule has 7 heteroatoms. The van der Waals surface area contributed by atoms with Crippen LogP contribution in [0.15, 0.2) is 6.33 Å². The van der Waals surface area contributed by atoms with Crippen molar-refractivity contribution in [3.05, 3.63) is 17.8 Å². The van der Waals surface area contributed by atoms with E-state index in [-0.39, 0.29) is 5.41 Å². The Morgan fingerprint density at radius 3 is 2.55 bits per heavy atom. The fourth-order valence-corrected chi connectivity index (χ4v) is 2.25. The first-order valence-electron chi connectivity index (χ1n) is 6.85. The van der Waals surface area contributed by atoms with E-state index in [1.54, 1.807) is 6.33 Å². The van der Waals surface area contributed by atoms with Gasteiger partial charge in [-0.15, -0.1) is 5.10 Å². The minimum absolute atomic E-state index is 0.115. The van der Waals surface area contributed by atoms with Gasteiger partial charge in [-0.3, -0.25) is 0 Å². The monoisotopic (exact) mass is 277 g/mol. The van der Waals surface area contributed by atoms with Gasteiger partial charge in [-0.25, -0.2) is 14.3 Å². The second kappa shape index (κ2) is 5.22. The smallest absolute Gasteiger partial charge is 0.169 e. The van der Waals surface area contributed by atoms with E-state index in [4.69, 9.17) is 5.73 Å². The molecule has 2 N–H and O–H groups in total. The molecule has 0 amide bonds. The van der Waals surface area contributed by atoms with Gasteiger partial charge in [-0.2, -0.15) is 5.10 Å². The summed E-state index contributed by atoms with van der Waals surface area (Å²) in [5.41, 5.74) is 6.75. The van der Waals surface area contributed by atoms with Crippen LogP contribution >= 0.6 is 0 Å². The lowest BCUT2D eigenvalue weighted by atomic mass is 9.92. The van der Waals surface area contributed by atoms with E-state index in [2.05, 4.69) is 55.0 Å². The third-order valence-electron chi connectivity index (χ3n) is 3.00. The van der Waals surface area contributed by atoms with Crippen molar-refractivity contribution in [3.8, 4) is 0 Å². The Labute approximate surface area is 119 Å². The Hall–Kier alpha value is -1.92. The zero-order valence-corrected chi connectivity index (χ0v) is 12.8. The quantitative estimate of drug-likeness (QED) is 0.914. The maximum atomic E-state index is 5.94. The van der Waals surface area contributed by atoms with Crippen LogP contribution in [-0.2, 0) is 18.5 Å². The third kappa shape index (κ3) is 2.97. The Morgan fingerprint density at radius 1 is 1.25 bits per heavy atom. The molecule has 0 bridgehead atoms. The normalized spacial score (nSPS) is 12.3. The molecule has 0 saturated carbocycles. The van der Waals surface area contributed by atoms with Gasteiger partial charge < -0.3 is 5.73 Å². The average molecular weight is 277 g/mol. The lowest BCUT2D eigenvalue weighted by Crippen LogP contribution is -2.22. The molecule has 0 atom stereocenters. The van der Waals surface area contributed by atoms with E-state index in [1.807, 2.05) is 9.36 Å². The van der Waals surface area contributed by atoms with Crippen LogP contribution in [0.3, 0.4) is 0 Å². The van der Waals surface area contributed by atoms with Crippen molar-refractivity contribution in [1.29, 1.82) is 0 Å². The number of hydrogen-bond acceptors (Lipinski definition) is 5. The summed E-state index contributed by atoms with van der Waals surface area (Å²) in [6, 6.07) is 0. The summed E-state index contributed by atoms with van der Waals surface area (Å²) in [5, 5.41) is 12.4. The van der Waals surface area contributed by atoms with Crippen molar-refractivity contribution in [1.82, 2.24) is 29.8 Å². The SMILES string of the molecule is CC(C)Cn1ncnc1Cn1nnc(N)c1C(C)(C)C. The summed E-state index contributed by atoms with van der Waals surface area (Å²) in [6.07, 6.45) is 1.58. The molecule has 0 aliphatic rings. The first-order chi connectivity index (χ1) is 9.29. The Morgan fingerprint density at radius 2 is 1.95 bits per heavy atom. The second-order valence-corrected chi connectivity index (χ2v) is 6.48. The molecule has 2 heterocycles. The van der Waals surface area contributed by atoms with Crippen molar-refractivity contribution >= 4 is 5.82 Å². The molecule has 20 heavy (non-hydrogen) atoms. The van der Waals surface area contributed by atoms with Crippen molar-refractivity contribution in [3.63, 3.8) is 0 Å². The summed E-state index contributed by atoms with van der Waals surface area (Å²) < 4.78 is 3.73. The molecule has 0 fully saturated rings. The lowest BCUT2D eigenvalue weighted by molar-refractivity contribution is 0.441. The van der Waals surface area contributed by atoms with Gasteiger partial charge in [0.25, 0.3) is 0 Å². The van der Waals surface area contributed by atoms with E-state index < -0.39 is 0 Å². The third-order valence-corrected chi connectivity index (χ3v) is 3.00. The van der Waals surface area contributed by atoms with Crippen LogP contribution in [0.25, 0.3) is 0 Å². The van der Waals surface area contributed by atoms with Crippen molar-refractivity contribution in [2.24, 2.45) is 5.92 Å². The second-order valence-electron chi connectivity index (χ2n) is 6.48. The largest absolute Gasteiger partial charge is 0.381 e. The van der Waals surface area contributed by atoms with E-state index in [0.717, 1.165) is 18.1 Å². The molecule has 2 rings (SSSR count). The van der Waals surface area contributed by atoms with Crippen LogP contribution in [0.1, 0.15) is 46.1 Å². The summed E-state index contributed by atoms with van der Waals surface area (Å²) >= 11 is 0. The maximum Gasteiger partial charge on any atom is 0.169 e. The van der Waals surface area contributed by atoms with Crippen LogP contribution in [0.2, 0.25) is 0 Å². The van der Waals surface area contributed by atoms with Crippen LogP contribution < -0.4 is 5.73 Å². The van der Waals surface area contributed by atoms with Gasteiger partial charge in [0.1, 0.15) is 18.7 Å². The summed E-state index contributed by atoms with van der Waals surface area (Å²) in [5.74, 6) is 1.86. The van der Waals surface area contributed by atoms with Crippen LogP contribution in [0.4, 0.5) is 5.82 Å². The Bertz CT molecular complexity index is 574. The van der Waals surface area contributed by atoms with E-state index in [9.17, 15) is 0 Å². The molecule has 110 valence electrons. The van der Waals surface area contributed by atoms with Gasteiger partial charge in [0, 0.05) is 12.0 Å². The molecule has 0 radical (unpaired) electrons. The van der Waals surface area contributed by atoms with Crippen molar-refractivity contribution < 1.29 is 0 Å². The molecule has 0 aromatic carbocycles. The molecule has 0 aliphatic heterocycles. The van der Waals surface area contributed by atoms with E-state index in [0.29, 0.717) is 18.3 Å². The number of nitrogens with zero attached hydrogens (tertiary/aromatic N) is 6. The van der Waals surface area contributed by atoms with Gasteiger partial charge in [-0.1, -0.05) is 39.8 Å². The molecule has 0 spiro atoms. The fraction of sp³-hybridized carbons (Fsp3) is 0.692. The summed E-state index contributed by atoms with van der Waals surface area (Å²) in [4.78, 5) is 4.32. The van der Waals surface area contributed by atoms with E-state index >= 15 is 0 Å². The number of rotatable bonds is 4. The molecule has 0 unspecified atom stereocenters. The molecule has 0 saturated heterocycles. The van der Waals surface area contributed by atoms with Gasteiger partial charge >= 0.3 is 0 Å². The first-order valence-corrected chi connectivity index (χ1v) is 6.85. The molecular formula is C13H23N7. The highest BCUT2D eigenvalue weighted by Crippen LogP contribution is 2.26. The molecule has 2 aromatic heterocycles. The topological polar surface area (TPSA) is 87.4 Å². The van der Waals surface area contributed by atoms with Crippen molar-refractivity contribution in [2.75, 3.05) is 5.73 Å². The zero-order chi connectivity index (χ0) is 14.9. The highest BCUT2D eigenvalue weighted by atomic mass is 15.5. The first kappa shape index (κ1) is 14.5. The molecule has 0 aliphatic carbocycles. The Balaban J connectivity index is 2.30. The predicted molar refractivity (Wildman–Crippen MR) is 77.1 cm³/mol. The highest BCUT2D eigenvalue weighted by molar-refractivity contribution is 5.38. The molecular weight excluding hydrogens is 254 g/mol. The molecule has 2 aromatic rings. The van der Waals surface area contributed by atoms with Crippen LogP contribution in [-0.4, -0.2) is 29.8 Å². The standard InChI is InChI=1S/C13H23N7/c1-9(2)6-19-10(15-8-16-19)7-20-11(13(3,4)5)12(14)17-18-20/h8-9H,6-7,14H2,1-5H3. The Kier molecular flexibility index (Phi) is 3.78. The van der Waals surface area contributed by atoms with E-state index in [1.165, 1.54) is 0 Å². The maximum absolute atomic E-state index is 5.94. The van der Waals surface area contributed by atoms with Gasteiger partial charge in [-0.05, 0) is 5.92 Å². The number of nitrogen functional groups attached to an aromatic ring is 1. The minimum atomic E-state index is -0.115. The number of aromatic nitrogens is 6. The number of nitrogens with two attached hydrogens (primary N) is 1. The highest BCUT2D eigenvalue weighted by Gasteiger charge is 2.24. The van der Waals surface area contributed by atoms with Gasteiger partial charge in [0.15, 0.2) is 5.82 Å².